The van der Waals surface area contributed by atoms with Crippen molar-refractivity contribution in [2.24, 2.45) is 0 Å². The molecule has 0 unspecified atom stereocenters. The van der Waals surface area contributed by atoms with Gasteiger partial charge in [0.25, 0.3) is 0 Å². The van der Waals surface area contributed by atoms with Crippen LogP contribution in [0.2, 0.25) is 10.0 Å². The third-order valence-electron chi connectivity index (χ3n) is 1.03. The van der Waals surface area contributed by atoms with Gasteiger partial charge < -0.3 is 0 Å². The third-order valence-corrected chi connectivity index (χ3v) is 1.63. The predicted octanol–water partition coefficient (Wildman–Crippen LogP) is 2.35. The van der Waals surface area contributed by atoms with E-state index in [-0.39, 0.29) is 15.5 Å². The van der Waals surface area contributed by atoms with Gasteiger partial charge in [0, 0.05) is 0 Å². The molecule has 10 heavy (non-hydrogen) atoms. The Morgan fingerprint density at radius 3 is 1.80 bits per heavy atom. The molecule has 1 aromatic rings. The molecule has 1 rings (SSSR count). The summed E-state index contributed by atoms with van der Waals surface area (Å²) in [5, 5.41) is 0.296. The van der Waals surface area contributed by atoms with Crippen LogP contribution in [0.15, 0.2) is 29.1 Å². The van der Waals surface area contributed by atoms with Crippen molar-refractivity contribution < 1.29 is 0 Å². The Morgan fingerprint density at radius 1 is 1.00 bits per heavy atom. The summed E-state index contributed by atoms with van der Waals surface area (Å²) in [6, 6.07) is 6.34. The van der Waals surface area contributed by atoms with Crippen LogP contribution >= 0.6 is 23.2 Å². The lowest BCUT2D eigenvalue weighted by Crippen LogP contribution is -1.96. The monoisotopic (exact) mass is 174 g/mol. The molecule has 0 saturated heterocycles. The van der Waals surface area contributed by atoms with Crippen molar-refractivity contribution >= 4 is 23.2 Å². The first kappa shape index (κ1) is 7.58. The van der Waals surface area contributed by atoms with Crippen molar-refractivity contribution in [1.29, 1.82) is 0 Å². The molecule has 0 bridgehead atoms. The summed E-state index contributed by atoms with van der Waals surface area (Å²) in [7, 11) is 0. The van der Waals surface area contributed by atoms with Crippen molar-refractivity contribution in [2.75, 3.05) is 0 Å². The Labute approximate surface area is 68.2 Å². The van der Waals surface area contributed by atoms with Crippen LogP contribution < -0.4 is 5.43 Å². The summed E-state index contributed by atoms with van der Waals surface area (Å²) < 4.78 is 0. The summed E-state index contributed by atoms with van der Waals surface area (Å²) in [5.74, 6) is 0. The van der Waals surface area contributed by atoms with E-state index in [1.54, 1.807) is 12.1 Å². The van der Waals surface area contributed by atoms with E-state index in [9.17, 15) is 4.79 Å². The van der Waals surface area contributed by atoms with Gasteiger partial charge in [0.1, 0.15) is 0 Å². The molecular weight excluding hydrogens is 171 g/mol. The zero-order valence-electron chi connectivity index (χ0n) is 4.97. The van der Waals surface area contributed by atoms with Crippen LogP contribution in [0.4, 0.5) is 0 Å². The molecule has 0 aliphatic rings. The quantitative estimate of drug-likeness (QED) is 0.591. The molecular formula is C7H4Cl2O. The summed E-state index contributed by atoms with van der Waals surface area (Å²) >= 11 is 11.0. The largest absolute Gasteiger partial charge is 0.287 e. The van der Waals surface area contributed by atoms with Crippen molar-refractivity contribution in [3.8, 4) is 0 Å². The topological polar surface area (TPSA) is 17.1 Å². The van der Waals surface area contributed by atoms with E-state index >= 15 is 0 Å². The molecule has 0 N–H and O–H groups in total. The fraction of sp³-hybridized carbons (Fsp3) is 0. The van der Waals surface area contributed by atoms with Crippen LogP contribution in [0.3, 0.4) is 0 Å². The molecule has 0 atom stereocenters. The molecule has 0 spiro atoms. The minimum absolute atomic E-state index is 0.148. The third kappa shape index (κ3) is 1.49. The lowest BCUT2D eigenvalue weighted by Gasteiger charge is -1.77. The van der Waals surface area contributed by atoms with Crippen molar-refractivity contribution in [3.05, 3.63) is 44.5 Å². The first-order valence-electron chi connectivity index (χ1n) is 2.66. The van der Waals surface area contributed by atoms with Crippen LogP contribution in [0.1, 0.15) is 0 Å². The highest BCUT2D eigenvalue weighted by atomic mass is 35.5. The number of hydrogen-bond acceptors (Lipinski definition) is 1. The summed E-state index contributed by atoms with van der Waals surface area (Å²) in [6.07, 6.45) is 0. The van der Waals surface area contributed by atoms with E-state index in [2.05, 4.69) is 0 Å². The fourth-order valence-corrected chi connectivity index (χ4v) is 0.943. The number of halogens is 2. The van der Waals surface area contributed by atoms with Crippen LogP contribution in [0.5, 0.6) is 0 Å². The fourth-order valence-electron chi connectivity index (χ4n) is 0.546. The second kappa shape index (κ2) is 3.04. The Morgan fingerprint density at radius 2 is 1.40 bits per heavy atom. The van der Waals surface area contributed by atoms with Gasteiger partial charge in [-0.1, -0.05) is 35.3 Å². The van der Waals surface area contributed by atoms with E-state index in [1.165, 1.54) is 12.1 Å². The Bertz CT molecular complexity index is 268. The maximum absolute atomic E-state index is 10.9. The van der Waals surface area contributed by atoms with E-state index in [0.29, 0.717) is 0 Å². The van der Waals surface area contributed by atoms with Gasteiger partial charge in [-0.05, 0) is 12.1 Å². The Kier molecular flexibility index (Phi) is 2.30. The highest BCUT2D eigenvalue weighted by molar-refractivity contribution is 6.34. The van der Waals surface area contributed by atoms with Gasteiger partial charge >= 0.3 is 0 Å². The summed E-state index contributed by atoms with van der Waals surface area (Å²) in [4.78, 5) is 10.9. The van der Waals surface area contributed by atoms with Crippen LogP contribution in [-0.2, 0) is 0 Å². The van der Waals surface area contributed by atoms with Gasteiger partial charge in [0.2, 0.25) is 5.43 Å². The maximum atomic E-state index is 10.9. The van der Waals surface area contributed by atoms with E-state index in [4.69, 9.17) is 23.2 Å². The van der Waals surface area contributed by atoms with Gasteiger partial charge in [-0.15, -0.1) is 0 Å². The molecule has 0 radical (unpaired) electrons. The normalized spacial score (nSPS) is 9.40. The first-order chi connectivity index (χ1) is 4.72. The van der Waals surface area contributed by atoms with Crippen LogP contribution in [0.25, 0.3) is 0 Å². The molecule has 3 heteroatoms. The van der Waals surface area contributed by atoms with E-state index in [0.717, 1.165) is 0 Å². The minimum Gasteiger partial charge on any atom is -0.287 e. The average Bonchev–Trinajstić information content (AvgIpc) is 2.04. The number of hydrogen-bond donors (Lipinski definition) is 0. The molecule has 0 aliphatic carbocycles. The van der Waals surface area contributed by atoms with Gasteiger partial charge in [-0.3, -0.25) is 4.79 Å². The maximum Gasteiger partial charge on any atom is 0.215 e. The molecule has 0 aromatic heterocycles. The molecule has 0 amide bonds. The first-order valence-corrected chi connectivity index (χ1v) is 3.42. The highest BCUT2D eigenvalue weighted by Gasteiger charge is 1.95. The predicted molar refractivity (Wildman–Crippen MR) is 42.7 cm³/mol. The van der Waals surface area contributed by atoms with Crippen LogP contribution in [-0.4, -0.2) is 0 Å². The molecule has 1 nitrogen and oxygen atoms in total. The van der Waals surface area contributed by atoms with Crippen LogP contribution in [0, 0.1) is 0 Å². The van der Waals surface area contributed by atoms with E-state index in [1.807, 2.05) is 0 Å². The van der Waals surface area contributed by atoms with Gasteiger partial charge in [0.05, 0.1) is 10.0 Å². The smallest absolute Gasteiger partial charge is 0.215 e. The molecule has 1 aromatic carbocycles. The lowest BCUT2D eigenvalue weighted by molar-refractivity contribution is 1.67. The minimum atomic E-state index is -0.326. The molecule has 0 fully saturated rings. The highest BCUT2D eigenvalue weighted by Crippen LogP contribution is 2.04. The molecule has 0 saturated carbocycles. The van der Waals surface area contributed by atoms with Gasteiger partial charge in [-0.2, -0.15) is 0 Å². The van der Waals surface area contributed by atoms with Crippen molar-refractivity contribution in [1.82, 2.24) is 0 Å². The zero-order valence-corrected chi connectivity index (χ0v) is 6.49. The second-order valence-electron chi connectivity index (χ2n) is 1.74. The molecule has 0 aliphatic heterocycles. The lowest BCUT2D eigenvalue weighted by atomic mass is 10.5. The molecule has 52 valence electrons. The average molecular weight is 175 g/mol. The SMILES string of the molecule is O=c1c(Cl)ccccc1Cl. The van der Waals surface area contributed by atoms with Crippen molar-refractivity contribution in [2.45, 2.75) is 0 Å². The number of rotatable bonds is 0. The molecule has 0 heterocycles. The Hall–Kier alpha value is -0.530. The van der Waals surface area contributed by atoms with Gasteiger partial charge in [0.15, 0.2) is 0 Å². The van der Waals surface area contributed by atoms with E-state index < -0.39 is 0 Å². The second-order valence-corrected chi connectivity index (χ2v) is 2.56. The Balaban J connectivity index is 3.53. The van der Waals surface area contributed by atoms with Gasteiger partial charge in [-0.25, -0.2) is 0 Å². The zero-order chi connectivity index (χ0) is 7.56. The summed E-state index contributed by atoms with van der Waals surface area (Å²) in [5.41, 5.74) is -0.326. The summed E-state index contributed by atoms with van der Waals surface area (Å²) in [6.45, 7) is 0. The van der Waals surface area contributed by atoms with Crippen molar-refractivity contribution in [3.63, 3.8) is 0 Å². The standard InChI is InChI=1S/C7H4Cl2O/c8-5-3-1-2-4-6(9)7(5)10/h1-4H.